The standard InChI is InChI=1S/C17H21N3O/c1-14-10-11-18-20(14)16-8-6-15(7-9-16)17(21)19-12-4-2-3-5-13-19/h6-11H,2-5,12-13H2,1H3. The summed E-state index contributed by atoms with van der Waals surface area (Å²) in [6.45, 7) is 3.79. The van der Waals surface area contributed by atoms with Gasteiger partial charge in [-0.2, -0.15) is 5.10 Å². The van der Waals surface area contributed by atoms with Crippen molar-refractivity contribution in [2.75, 3.05) is 13.1 Å². The number of rotatable bonds is 2. The second kappa shape index (κ2) is 6.12. The third kappa shape index (κ3) is 2.99. The van der Waals surface area contributed by atoms with Crippen molar-refractivity contribution in [3.05, 3.63) is 47.8 Å². The number of aromatic nitrogens is 2. The molecule has 1 aromatic carbocycles. The first-order chi connectivity index (χ1) is 10.3. The van der Waals surface area contributed by atoms with E-state index in [9.17, 15) is 4.79 Å². The molecule has 1 aliphatic heterocycles. The van der Waals surface area contributed by atoms with Gasteiger partial charge in [-0.3, -0.25) is 4.79 Å². The van der Waals surface area contributed by atoms with Gasteiger partial charge in [-0.1, -0.05) is 12.8 Å². The van der Waals surface area contributed by atoms with Crippen LogP contribution in [0.15, 0.2) is 36.5 Å². The molecule has 1 amide bonds. The molecule has 0 aliphatic carbocycles. The number of benzene rings is 1. The number of hydrogen-bond donors (Lipinski definition) is 0. The van der Waals surface area contributed by atoms with Crippen LogP contribution in [0.5, 0.6) is 0 Å². The Kier molecular flexibility index (Phi) is 4.04. The van der Waals surface area contributed by atoms with E-state index in [-0.39, 0.29) is 5.91 Å². The highest BCUT2D eigenvalue weighted by molar-refractivity contribution is 5.94. The van der Waals surface area contributed by atoms with Crippen LogP contribution in [0.2, 0.25) is 0 Å². The molecule has 21 heavy (non-hydrogen) atoms. The predicted molar refractivity (Wildman–Crippen MR) is 82.7 cm³/mol. The van der Waals surface area contributed by atoms with Gasteiger partial charge in [-0.25, -0.2) is 4.68 Å². The Morgan fingerprint density at radius 2 is 1.67 bits per heavy atom. The van der Waals surface area contributed by atoms with Crippen LogP contribution in [0, 0.1) is 6.92 Å². The van der Waals surface area contributed by atoms with Gasteiger partial charge in [0.25, 0.3) is 5.91 Å². The largest absolute Gasteiger partial charge is 0.339 e. The third-order valence-electron chi connectivity index (χ3n) is 4.08. The Hall–Kier alpha value is -2.10. The SMILES string of the molecule is Cc1ccnn1-c1ccc(C(=O)N2CCCCCC2)cc1. The Balaban J connectivity index is 1.77. The first kappa shape index (κ1) is 13.9. The first-order valence-electron chi connectivity index (χ1n) is 7.66. The molecule has 0 radical (unpaired) electrons. The van der Waals surface area contributed by atoms with E-state index < -0.39 is 0 Å². The maximum Gasteiger partial charge on any atom is 0.253 e. The van der Waals surface area contributed by atoms with Gasteiger partial charge in [0.05, 0.1) is 5.69 Å². The molecule has 1 aliphatic rings. The van der Waals surface area contributed by atoms with E-state index in [0.29, 0.717) is 0 Å². The fraction of sp³-hybridized carbons (Fsp3) is 0.412. The second-order valence-corrected chi connectivity index (χ2v) is 5.64. The van der Waals surface area contributed by atoms with Crippen LogP contribution < -0.4 is 0 Å². The molecule has 3 rings (SSSR count). The molecule has 4 nitrogen and oxygen atoms in total. The van der Waals surface area contributed by atoms with Crippen LogP contribution in [-0.4, -0.2) is 33.7 Å². The number of carbonyl (C=O) groups excluding carboxylic acids is 1. The average molecular weight is 283 g/mol. The molecule has 0 N–H and O–H groups in total. The fourth-order valence-electron chi connectivity index (χ4n) is 2.84. The quantitative estimate of drug-likeness (QED) is 0.849. The van der Waals surface area contributed by atoms with Gasteiger partial charge >= 0.3 is 0 Å². The Morgan fingerprint density at radius 3 is 2.24 bits per heavy atom. The van der Waals surface area contributed by atoms with E-state index in [1.54, 1.807) is 6.20 Å². The Morgan fingerprint density at radius 1 is 1.00 bits per heavy atom. The lowest BCUT2D eigenvalue weighted by Crippen LogP contribution is -2.31. The summed E-state index contributed by atoms with van der Waals surface area (Å²) in [4.78, 5) is 14.5. The van der Waals surface area contributed by atoms with Gasteiger partial charge in [0.15, 0.2) is 0 Å². The second-order valence-electron chi connectivity index (χ2n) is 5.64. The summed E-state index contributed by atoms with van der Waals surface area (Å²) >= 11 is 0. The predicted octanol–water partition coefficient (Wildman–Crippen LogP) is 3.20. The smallest absolute Gasteiger partial charge is 0.253 e. The minimum Gasteiger partial charge on any atom is -0.339 e. The number of amides is 1. The van der Waals surface area contributed by atoms with Gasteiger partial charge in [0, 0.05) is 30.5 Å². The molecule has 0 spiro atoms. The third-order valence-corrected chi connectivity index (χ3v) is 4.08. The Bertz CT molecular complexity index is 607. The highest BCUT2D eigenvalue weighted by Gasteiger charge is 2.17. The van der Waals surface area contributed by atoms with Crippen LogP contribution in [0.3, 0.4) is 0 Å². The van der Waals surface area contributed by atoms with Gasteiger partial charge in [-0.05, 0) is 50.1 Å². The van der Waals surface area contributed by atoms with Gasteiger partial charge < -0.3 is 4.90 Å². The van der Waals surface area contributed by atoms with Crippen molar-refractivity contribution in [2.45, 2.75) is 32.6 Å². The average Bonchev–Trinajstić information content (AvgIpc) is 2.78. The van der Waals surface area contributed by atoms with Crippen molar-refractivity contribution in [2.24, 2.45) is 0 Å². The lowest BCUT2D eigenvalue weighted by molar-refractivity contribution is 0.0761. The van der Waals surface area contributed by atoms with Crippen molar-refractivity contribution in [1.29, 1.82) is 0 Å². The molecular formula is C17H21N3O. The normalized spacial score (nSPS) is 15.8. The number of hydrogen-bond acceptors (Lipinski definition) is 2. The van der Waals surface area contributed by atoms with Crippen LogP contribution >= 0.6 is 0 Å². The summed E-state index contributed by atoms with van der Waals surface area (Å²) in [6, 6.07) is 9.71. The molecule has 110 valence electrons. The van der Waals surface area contributed by atoms with Crippen LogP contribution in [0.1, 0.15) is 41.7 Å². The van der Waals surface area contributed by atoms with E-state index in [4.69, 9.17) is 0 Å². The maximum atomic E-state index is 12.5. The fourth-order valence-corrected chi connectivity index (χ4v) is 2.84. The molecule has 4 heteroatoms. The summed E-state index contributed by atoms with van der Waals surface area (Å²) in [5.41, 5.74) is 2.84. The lowest BCUT2D eigenvalue weighted by Gasteiger charge is -2.20. The molecule has 0 bridgehead atoms. The van der Waals surface area contributed by atoms with Crippen molar-refractivity contribution in [3.8, 4) is 5.69 Å². The summed E-state index contributed by atoms with van der Waals surface area (Å²) in [6.07, 6.45) is 6.50. The number of aryl methyl sites for hydroxylation is 1. The van der Waals surface area contributed by atoms with Crippen molar-refractivity contribution >= 4 is 5.91 Å². The van der Waals surface area contributed by atoms with Crippen LogP contribution in [0.4, 0.5) is 0 Å². The molecule has 2 aromatic rings. The van der Waals surface area contributed by atoms with Crippen molar-refractivity contribution in [3.63, 3.8) is 0 Å². The van der Waals surface area contributed by atoms with Crippen molar-refractivity contribution in [1.82, 2.24) is 14.7 Å². The van der Waals surface area contributed by atoms with Crippen LogP contribution in [0.25, 0.3) is 5.69 Å². The maximum absolute atomic E-state index is 12.5. The van der Waals surface area contributed by atoms with Gasteiger partial charge in [0.1, 0.15) is 0 Å². The summed E-state index contributed by atoms with van der Waals surface area (Å²) in [5, 5.41) is 4.28. The van der Waals surface area contributed by atoms with E-state index >= 15 is 0 Å². The zero-order valence-electron chi connectivity index (χ0n) is 12.5. The summed E-state index contributed by atoms with van der Waals surface area (Å²) < 4.78 is 1.88. The van der Waals surface area contributed by atoms with Crippen LogP contribution in [-0.2, 0) is 0 Å². The van der Waals surface area contributed by atoms with Crippen molar-refractivity contribution < 1.29 is 4.79 Å². The Labute approximate surface area is 125 Å². The van der Waals surface area contributed by atoms with E-state index in [2.05, 4.69) is 5.10 Å². The molecule has 0 unspecified atom stereocenters. The van der Waals surface area contributed by atoms with Gasteiger partial charge in [-0.15, -0.1) is 0 Å². The highest BCUT2D eigenvalue weighted by atomic mass is 16.2. The molecule has 1 aromatic heterocycles. The summed E-state index contributed by atoms with van der Waals surface area (Å²) in [7, 11) is 0. The van der Waals surface area contributed by atoms with E-state index in [1.807, 2.05) is 46.8 Å². The minimum absolute atomic E-state index is 0.153. The zero-order valence-corrected chi connectivity index (χ0v) is 12.5. The lowest BCUT2D eigenvalue weighted by atomic mass is 10.1. The first-order valence-corrected chi connectivity index (χ1v) is 7.66. The number of nitrogens with zero attached hydrogens (tertiary/aromatic N) is 3. The molecular weight excluding hydrogens is 262 g/mol. The monoisotopic (exact) mass is 283 g/mol. The summed E-state index contributed by atoms with van der Waals surface area (Å²) in [5.74, 6) is 0.153. The van der Waals surface area contributed by atoms with Gasteiger partial charge in [0.2, 0.25) is 0 Å². The molecule has 0 saturated carbocycles. The van der Waals surface area contributed by atoms with E-state index in [1.165, 1.54) is 12.8 Å². The molecule has 1 saturated heterocycles. The van der Waals surface area contributed by atoms with E-state index in [0.717, 1.165) is 42.9 Å². The zero-order chi connectivity index (χ0) is 14.7. The topological polar surface area (TPSA) is 38.1 Å². The number of carbonyl (C=O) groups is 1. The highest BCUT2D eigenvalue weighted by Crippen LogP contribution is 2.16. The molecule has 2 heterocycles. The minimum atomic E-state index is 0.153. The number of likely N-dealkylation sites (tertiary alicyclic amines) is 1. The molecule has 1 fully saturated rings. The molecule has 0 atom stereocenters.